The number of aromatic amines is 1. The third kappa shape index (κ3) is 6.84. The van der Waals surface area contributed by atoms with Gasteiger partial charge in [-0.1, -0.05) is 79.6 Å². The second-order valence-electron chi connectivity index (χ2n) is 19.7. The predicted molar refractivity (Wildman–Crippen MR) is 257 cm³/mol. The SMILES string of the molecule is CCC1=C[C@@H]2CN(CCc3c([nH]c4ccccc34)[C@@](C(=O)OC)(c3cc4c(cc3OC)N(C)[C@H]3C(O)(CNC(=O)OCc5cccc(Cl)c5)[C@H](OC(C)=O)[C@]5(CC)C=CCN6CC[C@]43[C@@H]65)C2)C1. The van der Waals surface area contributed by atoms with Crippen molar-refractivity contribution in [2.75, 3.05) is 65.4 Å². The number of methoxy groups -OCH3 is 2. The van der Waals surface area contributed by atoms with Gasteiger partial charge in [-0.2, -0.15) is 0 Å². The molecular weight excluding hydrogens is 870 g/mol. The van der Waals surface area contributed by atoms with Crippen molar-refractivity contribution in [1.82, 2.24) is 20.1 Å². The van der Waals surface area contributed by atoms with Crippen LogP contribution in [0.3, 0.4) is 0 Å². The van der Waals surface area contributed by atoms with Crippen molar-refractivity contribution in [3.8, 4) is 5.75 Å². The number of H-pyrrole nitrogens is 1. The Bertz CT molecular complexity index is 2700. The molecular formula is C53H62ClN5O8. The Morgan fingerprint density at radius 3 is 2.58 bits per heavy atom. The molecule has 10 rings (SSSR count). The van der Waals surface area contributed by atoms with Gasteiger partial charge in [0, 0.05) is 96.0 Å². The molecule has 2 unspecified atom stereocenters. The van der Waals surface area contributed by atoms with Crippen molar-refractivity contribution in [1.29, 1.82) is 0 Å². The largest absolute Gasteiger partial charge is 0.496 e. The van der Waals surface area contributed by atoms with Crippen LogP contribution in [-0.4, -0.2) is 122 Å². The number of likely N-dealkylation sites (N-methyl/N-ethyl adjacent to an activating group) is 1. The maximum atomic E-state index is 15.5. The molecule has 1 amide bonds. The highest BCUT2D eigenvalue weighted by molar-refractivity contribution is 6.30. The average Bonchev–Trinajstić information content (AvgIpc) is 3.99. The van der Waals surface area contributed by atoms with Crippen LogP contribution in [0.1, 0.15) is 74.4 Å². The minimum Gasteiger partial charge on any atom is -0.496 e. The monoisotopic (exact) mass is 931 g/mol. The van der Waals surface area contributed by atoms with E-state index in [0.717, 1.165) is 65.9 Å². The van der Waals surface area contributed by atoms with Gasteiger partial charge in [0.25, 0.3) is 0 Å². The van der Waals surface area contributed by atoms with E-state index in [4.69, 9.17) is 30.5 Å². The Hall–Kier alpha value is -5.34. The first kappa shape index (κ1) is 45.4. The van der Waals surface area contributed by atoms with E-state index in [1.165, 1.54) is 19.6 Å². The minimum atomic E-state index is -1.87. The van der Waals surface area contributed by atoms with Crippen LogP contribution in [0.25, 0.3) is 10.9 Å². The van der Waals surface area contributed by atoms with Gasteiger partial charge in [-0.15, -0.1) is 0 Å². The molecule has 67 heavy (non-hydrogen) atoms. The number of carbonyl (C=O) groups excluding carboxylic acids is 3. The third-order valence-corrected chi connectivity index (χ3v) is 16.7. The van der Waals surface area contributed by atoms with Crippen LogP contribution in [0.2, 0.25) is 5.02 Å². The molecule has 14 heteroatoms. The number of hydrogen-bond donors (Lipinski definition) is 3. The van der Waals surface area contributed by atoms with Gasteiger partial charge in [0.2, 0.25) is 0 Å². The Morgan fingerprint density at radius 1 is 1.01 bits per heavy atom. The van der Waals surface area contributed by atoms with Gasteiger partial charge >= 0.3 is 18.0 Å². The highest BCUT2D eigenvalue weighted by Gasteiger charge is 2.78. The molecule has 2 fully saturated rings. The highest BCUT2D eigenvalue weighted by atomic mass is 35.5. The molecule has 354 valence electrons. The normalized spacial score (nSPS) is 31.6. The summed E-state index contributed by atoms with van der Waals surface area (Å²) in [7, 11) is 5.08. The Labute approximate surface area is 397 Å². The van der Waals surface area contributed by atoms with Crippen molar-refractivity contribution in [2.45, 2.75) is 94.1 Å². The number of anilines is 1. The number of esters is 2. The molecule has 6 aliphatic rings. The maximum absolute atomic E-state index is 15.5. The average molecular weight is 933 g/mol. The van der Waals surface area contributed by atoms with Crippen molar-refractivity contribution in [2.24, 2.45) is 11.3 Å². The zero-order chi connectivity index (χ0) is 47.0. The summed E-state index contributed by atoms with van der Waals surface area (Å²) in [5.74, 6) is -0.380. The summed E-state index contributed by atoms with van der Waals surface area (Å²) in [4.78, 5) is 53.4. The van der Waals surface area contributed by atoms with E-state index >= 15 is 4.79 Å². The molecule has 4 aromatic rings. The molecule has 5 aliphatic heterocycles. The summed E-state index contributed by atoms with van der Waals surface area (Å²) in [5, 5.41) is 18.4. The van der Waals surface area contributed by atoms with Gasteiger partial charge < -0.3 is 39.3 Å². The molecule has 3 aromatic carbocycles. The van der Waals surface area contributed by atoms with Crippen molar-refractivity contribution in [3.05, 3.63) is 117 Å². The second kappa shape index (κ2) is 17.0. The first-order chi connectivity index (χ1) is 32.3. The van der Waals surface area contributed by atoms with E-state index in [2.05, 4.69) is 81.3 Å². The number of nitrogens with zero attached hydrogens (tertiary/aromatic N) is 3. The Morgan fingerprint density at radius 2 is 1.84 bits per heavy atom. The number of nitrogens with one attached hydrogen (secondary N) is 2. The predicted octanol–water partition coefficient (Wildman–Crippen LogP) is 7.20. The summed E-state index contributed by atoms with van der Waals surface area (Å²) in [5.41, 5.74) is 2.48. The zero-order valence-corrected chi connectivity index (χ0v) is 40.1. The summed E-state index contributed by atoms with van der Waals surface area (Å²) in [6.45, 7) is 9.24. The van der Waals surface area contributed by atoms with E-state index in [-0.39, 0.29) is 31.1 Å². The number of hydrogen-bond acceptors (Lipinski definition) is 11. The number of para-hydroxylation sites is 1. The van der Waals surface area contributed by atoms with Crippen LogP contribution in [0.5, 0.6) is 5.75 Å². The fraction of sp³-hybridized carbons (Fsp3) is 0.491. The van der Waals surface area contributed by atoms with Crippen LogP contribution in [0, 0.1) is 11.3 Å². The standard InChI is InChI=1S/C53H62ClN5O8/c1-7-33-23-35-27-52(48(61)65-6,44-38(17-21-58(28-33)29-35)37-15-9-10-16-41(37)56-44)40-25-39-42(26-43(40)64-5)57(4)46-51(39)19-22-59-20-12-18-50(8-2,45(51)59)47(67-32(3)60)53(46,63)31-55-49(62)66-30-34-13-11-14-36(54)24-34/h9-16,18,23-26,35,45-47,56,63H,7-8,17,19-22,27-31H2,1-6H3,(H,55,62)/t35-,45-,46+,47+,50+,51+,52-,53?/m0/s1. The Balaban J connectivity index is 1.19. The number of alkyl carbamates (subject to hydrolysis) is 1. The van der Waals surface area contributed by atoms with E-state index in [9.17, 15) is 14.7 Å². The topological polar surface area (TPSA) is 146 Å². The molecule has 13 nitrogen and oxygen atoms in total. The van der Waals surface area contributed by atoms with Crippen LogP contribution in [0.4, 0.5) is 10.5 Å². The lowest BCUT2D eigenvalue weighted by Crippen LogP contribution is -2.81. The summed E-state index contributed by atoms with van der Waals surface area (Å²) in [6, 6.07) is 18.6. The number of rotatable bonds is 10. The number of amides is 1. The number of halogens is 1. The van der Waals surface area contributed by atoms with Gasteiger partial charge in [0.15, 0.2) is 0 Å². The van der Waals surface area contributed by atoms with Crippen molar-refractivity contribution < 1.29 is 38.4 Å². The van der Waals surface area contributed by atoms with Crippen LogP contribution in [0.15, 0.2) is 84.5 Å². The lowest BCUT2D eigenvalue weighted by atomic mass is 9.47. The first-order valence-corrected chi connectivity index (χ1v) is 24.2. The minimum absolute atomic E-state index is 0.0128. The molecule has 1 spiro atoms. The fourth-order valence-electron chi connectivity index (χ4n) is 14.0. The van der Waals surface area contributed by atoms with Crippen LogP contribution >= 0.6 is 11.6 Å². The van der Waals surface area contributed by atoms with E-state index in [0.29, 0.717) is 54.3 Å². The van der Waals surface area contributed by atoms with Gasteiger partial charge in [0.1, 0.15) is 29.5 Å². The van der Waals surface area contributed by atoms with E-state index < -0.39 is 46.1 Å². The zero-order valence-electron chi connectivity index (χ0n) is 39.3. The number of fused-ring (bicyclic) bond motifs is 6. The molecule has 0 radical (unpaired) electrons. The smallest absolute Gasteiger partial charge is 0.407 e. The van der Waals surface area contributed by atoms with Gasteiger partial charge in [-0.05, 0) is 85.5 Å². The molecule has 9 atom stereocenters. The van der Waals surface area contributed by atoms with E-state index in [1.54, 1.807) is 25.3 Å². The number of ether oxygens (including phenoxy) is 4. The number of benzene rings is 3. The Kier molecular flexibility index (Phi) is 11.5. The number of aromatic nitrogens is 1. The molecule has 6 heterocycles. The van der Waals surface area contributed by atoms with Gasteiger partial charge in [0.05, 0.1) is 26.8 Å². The first-order valence-electron chi connectivity index (χ1n) is 23.8. The summed E-state index contributed by atoms with van der Waals surface area (Å²) in [6.07, 6.45) is 8.08. The lowest BCUT2D eigenvalue weighted by Gasteiger charge is -2.64. The maximum Gasteiger partial charge on any atom is 0.407 e. The second-order valence-corrected chi connectivity index (χ2v) is 20.2. The highest BCUT2D eigenvalue weighted by Crippen LogP contribution is 2.68. The molecule has 3 N–H and O–H groups in total. The van der Waals surface area contributed by atoms with Crippen molar-refractivity contribution in [3.63, 3.8) is 0 Å². The molecule has 1 aromatic heterocycles. The van der Waals surface area contributed by atoms with Gasteiger partial charge in [-0.25, -0.2) is 4.79 Å². The fourth-order valence-corrected chi connectivity index (χ4v) is 14.3. The van der Waals surface area contributed by atoms with E-state index in [1.807, 2.05) is 25.2 Å². The molecule has 1 saturated carbocycles. The number of aliphatic hydroxyl groups is 1. The van der Waals surface area contributed by atoms with Crippen LogP contribution in [-0.2, 0) is 47.7 Å². The van der Waals surface area contributed by atoms with Gasteiger partial charge in [-0.3, -0.25) is 19.4 Å². The lowest BCUT2D eigenvalue weighted by molar-refractivity contribution is -0.217. The summed E-state index contributed by atoms with van der Waals surface area (Å²) >= 11 is 6.23. The quantitative estimate of drug-likeness (QED) is 0.0844. The molecule has 2 bridgehead atoms. The third-order valence-electron chi connectivity index (χ3n) is 16.4. The molecule has 1 saturated heterocycles. The number of carbonyl (C=O) groups is 3. The van der Waals surface area contributed by atoms with Crippen LogP contribution < -0.4 is 15.0 Å². The summed E-state index contributed by atoms with van der Waals surface area (Å²) < 4.78 is 24.6. The van der Waals surface area contributed by atoms with Crippen molar-refractivity contribution >= 4 is 46.2 Å². The molecule has 1 aliphatic carbocycles.